The van der Waals surface area contributed by atoms with E-state index in [2.05, 4.69) is 10.6 Å². The number of esters is 1. The van der Waals surface area contributed by atoms with Crippen LogP contribution in [-0.4, -0.2) is 49.0 Å². The molecule has 1 aromatic heterocycles. The molecule has 0 bridgehead atoms. The normalized spacial score (nSPS) is 12.7. The highest BCUT2D eigenvalue weighted by atomic mass is 32.2. The van der Waals surface area contributed by atoms with Gasteiger partial charge >= 0.3 is 12.1 Å². The Balaban J connectivity index is 1.99. The molecule has 34 heavy (non-hydrogen) atoms. The van der Waals surface area contributed by atoms with Gasteiger partial charge in [-0.25, -0.2) is 9.59 Å². The first-order valence-electron chi connectivity index (χ1n) is 10.8. The molecule has 0 saturated heterocycles. The van der Waals surface area contributed by atoms with Gasteiger partial charge < -0.3 is 29.4 Å². The molecule has 182 valence electrons. The van der Waals surface area contributed by atoms with Crippen LogP contribution in [0, 0.1) is 0 Å². The minimum atomic E-state index is -1.72. The second-order valence-electron chi connectivity index (χ2n) is 8.74. The minimum Gasteiger partial charge on any atom is -0.590 e. The van der Waals surface area contributed by atoms with Crippen molar-refractivity contribution >= 4 is 38.6 Å². The molecule has 0 spiro atoms. The number of thiophene rings is 1. The molecule has 2 atom stereocenters. The molecule has 1 heterocycles. The van der Waals surface area contributed by atoms with Gasteiger partial charge in [0.25, 0.3) is 4.88 Å². The Morgan fingerprint density at radius 2 is 1.79 bits per heavy atom. The fraction of sp³-hybridized carbons (Fsp3) is 0.360. The number of alkyl carbamates (subject to hydrolysis) is 1. The highest BCUT2D eigenvalue weighted by Crippen LogP contribution is 2.44. The van der Waals surface area contributed by atoms with Crippen molar-refractivity contribution in [2.45, 2.75) is 38.8 Å². The molecule has 0 aliphatic rings. The molecular formula is C25H30N2O6S. The highest BCUT2D eigenvalue weighted by molar-refractivity contribution is 7.33. The monoisotopic (exact) mass is 486 g/mol. The summed E-state index contributed by atoms with van der Waals surface area (Å²) in [6.07, 6.45) is -0.0211. The second-order valence-corrected chi connectivity index (χ2v) is 10.1. The van der Waals surface area contributed by atoms with Crippen molar-refractivity contribution in [3.05, 3.63) is 59.0 Å². The minimum absolute atomic E-state index is 0.0288. The van der Waals surface area contributed by atoms with Crippen LogP contribution in [-0.2, 0) is 15.9 Å². The van der Waals surface area contributed by atoms with Crippen LogP contribution in [0.3, 0.4) is 0 Å². The number of nitrogens with one attached hydrogen (secondary N) is 2. The lowest BCUT2D eigenvalue weighted by molar-refractivity contribution is 0.0524. The molecule has 0 saturated carbocycles. The molecule has 0 fully saturated rings. The van der Waals surface area contributed by atoms with Crippen LogP contribution in [0.25, 0.3) is 10.1 Å². The summed E-state index contributed by atoms with van der Waals surface area (Å²) >= 11 is 0. The van der Waals surface area contributed by atoms with Crippen LogP contribution < -0.4 is 15.4 Å². The lowest BCUT2D eigenvalue weighted by atomic mass is 10.0. The van der Waals surface area contributed by atoms with Crippen molar-refractivity contribution in [2.24, 2.45) is 0 Å². The van der Waals surface area contributed by atoms with Gasteiger partial charge in [-0.2, -0.15) is 0 Å². The Kier molecular flexibility index (Phi) is 8.01. The fourth-order valence-corrected chi connectivity index (χ4v) is 4.89. The molecule has 1 amide bonds. The van der Waals surface area contributed by atoms with Crippen molar-refractivity contribution in [2.75, 3.05) is 26.1 Å². The molecule has 1 unspecified atom stereocenters. The maximum atomic E-state index is 13.2. The summed E-state index contributed by atoms with van der Waals surface area (Å²) < 4.78 is 29.3. The second kappa shape index (κ2) is 10.8. The van der Waals surface area contributed by atoms with Crippen LogP contribution >= 0.6 is 10.8 Å². The van der Waals surface area contributed by atoms with E-state index in [0.717, 1.165) is 5.56 Å². The van der Waals surface area contributed by atoms with E-state index in [9.17, 15) is 14.1 Å². The van der Waals surface area contributed by atoms with Gasteiger partial charge in [0, 0.05) is 18.7 Å². The summed E-state index contributed by atoms with van der Waals surface area (Å²) in [6, 6.07) is 14.5. The van der Waals surface area contributed by atoms with Gasteiger partial charge in [-0.3, -0.25) is 0 Å². The topological polar surface area (TPSA) is 109 Å². The predicted molar refractivity (Wildman–Crippen MR) is 132 cm³/mol. The van der Waals surface area contributed by atoms with Crippen LogP contribution in [0.4, 0.5) is 10.5 Å². The van der Waals surface area contributed by atoms with E-state index >= 15 is 0 Å². The van der Waals surface area contributed by atoms with Gasteiger partial charge in [-0.15, -0.1) is 0 Å². The molecule has 3 rings (SSSR count). The molecule has 0 radical (unpaired) electrons. The van der Waals surface area contributed by atoms with E-state index in [1.807, 2.05) is 30.3 Å². The standard InChI is InChI=1S/C25H30N2O6S/c1-25(2,3)33-24(29)26-15-17(13-16-9-7-6-8-10-16)27-21-19-14-18(31-4)11-12-20(19)34(30)22(21)23(28)32-5/h6-12,14,17,27H,13,15H2,1-5H3,(H,26,29)/t17-,34?/m0/s1. The highest BCUT2D eigenvalue weighted by Gasteiger charge is 2.31. The fourth-order valence-electron chi connectivity index (χ4n) is 3.53. The summed E-state index contributed by atoms with van der Waals surface area (Å²) in [5.74, 6) is -0.123. The first kappa shape index (κ1) is 25.3. The molecule has 2 aromatic carbocycles. The van der Waals surface area contributed by atoms with Crippen molar-refractivity contribution in [3.63, 3.8) is 0 Å². The third-order valence-electron chi connectivity index (χ3n) is 5.00. The number of rotatable bonds is 8. The van der Waals surface area contributed by atoms with Crippen LogP contribution in [0.2, 0.25) is 0 Å². The van der Waals surface area contributed by atoms with Gasteiger partial charge in [0.2, 0.25) is 0 Å². The molecule has 8 nitrogen and oxygen atoms in total. The number of hydrogen-bond donors (Lipinski definition) is 2. The number of carbonyl (C=O) groups excluding carboxylic acids is 2. The van der Waals surface area contributed by atoms with Gasteiger partial charge in [-0.05, 0) is 55.6 Å². The van der Waals surface area contributed by atoms with E-state index in [1.165, 1.54) is 14.2 Å². The number of amides is 1. The number of ether oxygens (including phenoxy) is 3. The van der Waals surface area contributed by atoms with E-state index < -0.39 is 28.4 Å². The zero-order valence-electron chi connectivity index (χ0n) is 20.0. The van der Waals surface area contributed by atoms with Gasteiger partial charge in [0.05, 0.1) is 19.6 Å². The predicted octanol–water partition coefficient (Wildman–Crippen LogP) is 4.91. The quantitative estimate of drug-likeness (QED) is 0.344. The Hall–Kier alpha value is -3.30. The number of carbonyl (C=O) groups is 2. The summed E-state index contributed by atoms with van der Waals surface area (Å²) in [4.78, 5) is 24.9. The van der Waals surface area contributed by atoms with E-state index in [-0.39, 0.29) is 17.5 Å². The van der Waals surface area contributed by atoms with Gasteiger partial charge in [0.15, 0.2) is 4.70 Å². The molecule has 9 heteroatoms. The summed E-state index contributed by atoms with van der Waals surface area (Å²) in [6.45, 7) is 5.57. The summed E-state index contributed by atoms with van der Waals surface area (Å²) in [5, 5.41) is 6.72. The molecule has 0 aliphatic carbocycles. The zero-order chi connectivity index (χ0) is 24.9. The largest absolute Gasteiger partial charge is 0.590 e. The van der Waals surface area contributed by atoms with Crippen LogP contribution in [0.5, 0.6) is 5.75 Å². The van der Waals surface area contributed by atoms with E-state index in [4.69, 9.17) is 14.2 Å². The maximum Gasteiger partial charge on any atom is 0.407 e. The van der Waals surface area contributed by atoms with Crippen molar-refractivity contribution in [1.29, 1.82) is 0 Å². The zero-order valence-corrected chi connectivity index (χ0v) is 20.8. The first-order valence-corrected chi connectivity index (χ1v) is 12.0. The Labute approximate surface area is 202 Å². The summed E-state index contributed by atoms with van der Waals surface area (Å²) in [7, 11) is 1.07. The SMILES string of the molecule is COC(=O)c1c(N[C@H](CNC(=O)OC(C)(C)C)Cc2ccccc2)c2cc(OC)ccc2[s+]1[O-]. The number of fused-ring (bicyclic) bond motifs is 1. The molecule has 0 aliphatic heterocycles. The molecule has 3 aromatic rings. The number of methoxy groups -OCH3 is 2. The van der Waals surface area contributed by atoms with Gasteiger partial charge in [-0.1, -0.05) is 30.3 Å². The van der Waals surface area contributed by atoms with Crippen molar-refractivity contribution < 1.29 is 28.4 Å². The average molecular weight is 487 g/mol. The maximum absolute atomic E-state index is 13.2. The average Bonchev–Trinajstić information content (AvgIpc) is 3.07. The van der Waals surface area contributed by atoms with Gasteiger partial charge in [0.1, 0.15) is 17.0 Å². The molecule has 2 N–H and O–H groups in total. The number of hydrogen-bond acceptors (Lipinski definition) is 7. The van der Waals surface area contributed by atoms with Crippen LogP contribution in [0.1, 0.15) is 36.0 Å². The first-order chi connectivity index (χ1) is 16.1. The van der Waals surface area contributed by atoms with Crippen molar-refractivity contribution in [3.8, 4) is 5.75 Å². The van der Waals surface area contributed by atoms with E-state index in [1.54, 1.807) is 39.0 Å². The lowest BCUT2D eigenvalue weighted by Crippen LogP contribution is -2.40. The third kappa shape index (κ3) is 6.18. The molecular weight excluding hydrogens is 456 g/mol. The summed E-state index contributed by atoms with van der Waals surface area (Å²) in [5.41, 5.74) is 0.785. The third-order valence-corrected chi connectivity index (χ3v) is 6.50. The Morgan fingerprint density at radius 3 is 2.41 bits per heavy atom. The smallest absolute Gasteiger partial charge is 0.407 e. The number of benzene rings is 2. The Morgan fingerprint density at radius 1 is 1.09 bits per heavy atom. The lowest BCUT2D eigenvalue weighted by Gasteiger charge is -2.23. The van der Waals surface area contributed by atoms with E-state index in [0.29, 0.717) is 27.9 Å². The van der Waals surface area contributed by atoms with Crippen molar-refractivity contribution in [1.82, 2.24) is 5.32 Å². The van der Waals surface area contributed by atoms with Crippen LogP contribution in [0.15, 0.2) is 48.5 Å². The number of anilines is 1. The Bertz CT molecular complexity index is 1150.